The number of carbonyl (C=O) groups is 1. The normalized spacial score (nSPS) is 20.6. The van der Waals surface area contributed by atoms with Gasteiger partial charge in [0.2, 0.25) is 0 Å². The molecule has 1 atom stereocenters. The Morgan fingerprint density at radius 3 is 2.90 bits per heavy atom. The summed E-state index contributed by atoms with van der Waals surface area (Å²) in [5.74, 6) is -0.258. The van der Waals surface area contributed by atoms with Gasteiger partial charge in [0, 0.05) is 38.3 Å². The second-order valence-corrected chi connectivity index (χ2v) is 5.45. The molecule has 0 amide bonds. The molecule has 1 saturated heterocycles. The van der Waals surface area contributed by atoms with Gasteiger partial charge in [0.05, 0.1) is 11.7 Å². The van der Waals surface area contributed by atoms with Crippen LogP contribution in [0.2, 0.25) is 0 Å². The number of aliphatic hydroxyl groups excluding tert-OH is 1. The first-order valence-corrected chi connectivity index (χ1v) is 7.07. The zero-order valence-electron chi connectivity index (χ0n) is 11.7. The van der Waals surface area contributed by atoms with Crippen LogP contribution in [0, 0.1) is 6.92 Å². The molecule has 108 valence electrons. The summed E-state index contributed by atoms with van der Waals surface area (Å²) in [7, 11) is 0. The molecule has 3 rings (SSSR count). The van der Waals surface area contributed by atoms with Crippen LogP contribution in [-0.2, 0) is 11.3 Å². The van der Waals surface area contributed by atoms with Crippen molar-refractivity contribution in [3.05, 3.63) is 34.4 Å². The summed E-state index contributed by atoms with van der Waals surface area (Å²) in [4.78, 5) is 13.8. The Kier molecular flexibility index (Phi) is 3.74. The minimum absolute atomic E-state index is 0.258. The summed E-state index contributed by atoms with van der Waals surface area (Å²) in [6.45, 7) is 6.78. The highest BCUT2D eigenvalue weighted by Crippen LogP contribution is 2.29. The summed E-state index contributed by atoms with van der Waals surface area (Å²) < 4.78 is 5.05. The first-order valence-electron chi connectivity index (χ1n) is 7.07. The number of fused-ring (bicyclic) bond motifs is 1. The average molecular weight is 276 g/mol. The maximum absolute atomic E-state index is 11.5. The number of aliphatic hydroxyl groups is 1. The number of hydrogen-bond acceptors (Lipinski definition) is 5. The minimum atomic E-state index is -0.519. The SMILES string of the molecule is Cc1c([C@H](O)CN2CCNCC2)ccc2c1COC2=O. The monoisotopic (exact) mass is 276 g/mol. The van der Waals surface area contributed by atoms with Crippen LogP contribution in [0.15, 0.2) is 12.1 Å². The van der Waals surface area contributed by atoms with Crippen molar-refractivity contribution in [1.29, 1.82) is 0 Å². The van der Waals surface area contributed by atoms with E-state index in [1.165, 1.54) is 0 Å². The van der Waals surface area contributed by atoms with Crippen molar-refractivity contribution >= 4 is 5.97 Å². The van der Waals surface area contributed by atoms with Crippen LogP contribution >= 0.6 is 0 Å². The van der Waals surface area contributed by atoms with Crippen LogP contribution in [-0.4, -0.2) is 48.7 Å². The largest absolute Gasteiger partial charge is 0.457 e. The molecule has 0 spiro atoms. The maximum atomic E-state index is 11.5. The van der Waals surface area contributed by atoms with Gasteiger partial charge in [-0.25, -0.2) is 4.79 Å². The summed E-state index contributed by atoms with van der Waals surface area (Å²) in [5, 5.41) is 13.8. The molecule has 2 heterocycles. The number of ether oxygens (including phenoxy) is 1. The first-order chi connectivity index (χ1) is 9.66. The van der Waals surface area contributed by atoms with Gasteiger partial charge >= 0.3 is 5.97 Å². The van der Waals surface area contributed by atoms with E-state index in [0.717, 1.165) is 42.9 Å². The molecule has 1 aromatic rings. The van der Waals surface area contributed by atoms with Crippen molar-refractivity contribution in [2.45, 2.75) is 19.6 Å². The lowest BCUT2D eigenvalue weighted by Crippen LogP contribution is -2.45. The van der Waals surface area contributed by atoms with E-state index in [1.807, 2.05) is 13.0 Å². The fourth-order valence-corrected chi connectivity index (χ4v) is 2.97. The van der Waals surface area contributed by atoms with Crippen molar-refractivity contribution in [2.24, 2.45) is 0 Å². The highest BCUT2D eigenvalue weighted by atomic mass is 16.5. The van der Waals surface area contributed by atoms with Gasteiger partial charge in [-0.15, -0.1) is 0 Å². The number of cyclic esters (lactones) is 1. The number of carbonyl (C=O) groups excluding carboxylic acids is 1. The van der Waals surface area contributed by atoms with Crippen LogP contribution in [0.5, 0.6) is 0 Å². The standard InChI is InChI=1S/C15H20N2O3/c1-10-11(2-3-12-13(10)9-20-15(12)19)14(18)8-17-6-4-16-5-7-17/h2-3,14,16,18H,4-9H2,1H3/t14-/m1/s1. The first kappa shape index (κ1) is 13.5. The number of piperazine rings is 1. The van der Waals surface area contributed by atoms with Gasteiger partial charge in [0.1, 0.15) is 6.61 Å². The third kappa shape index (κ3) is 2.44. The van der Waals surface area contributed by atoms with Crippen LogP contribution < -0.4 is 5.32 Å². The van der Waals surface area contributed by atoms with Gasteiger partial charge < -0.3 is 15.2 Å². The van der Waals surface area contributed by atoms with E-state index < -0.39 is 6.10 Å². The zero-order valence-corrected chi connectivity index (χ0v) is 11.7. The van der Waals surface area contributed by atoms with Gasteiger partial charge in [-0.05, 0) is 24.1 Å². The Bertz CT molecular complexity index is 524. The van der Waals surface area contributed by atoms with E-state index in [0.29, 0.717) is 18.7 Å². The summed E-state index contributed by atoms with van der Waals surface area (Å²) in [6, 6.07) is 3.63. The van der Waals surface area contributed by atoms with E-state index in [4.69, 9.17) is 4.74 Å². The smallest absolute Gasteiger partial charge is 0.338 e. The lowest BCUT2D eigenvalue weighted by molar-refractivity contribution is 0.0535. The van der Waals surface area contributed by atoms with E-state index in [9.17, 15) is 9.90 Å². The Morgan fingerprint density at radius 2 is 2.15 bits per heavy atom. The predicted molar refractivity (Wildman–Crippen MR) is 74.6 cm³/mol. The molecular weight excluding hydrogens is 256 g/mol. The predicted octanol–water partition coefficient (Wildman–Crippen LogP) is 0.604. The van der Waals surface area contributed by atoms with Gasteiger partial charge in [-0.2, -0.15) is 0 Å². The van der Waals surface area contributed by atoms with E-state index in [1.54, 1.807) is 6.07 Å². The number of esters is 1. The highest BCUT2D eigenvalue weighted by Gasteiger charge is 2.26. The van der Waals surface area contributed by atoms with E-state index >= 15 is 0 Å². The molecule has 0 saturated carbocycles. The van der Waals surface area contributed by atoms with Crippen molar-refractivity contribution in [2.75, 3.05) is 32.7 Å². The average Bonchev–Trinajstić information content (AvgIpc) is 2.83. The molecule has 20 heavy (non-hydrogen) atoms. The molecule has 0 bridgehead atoms. The number of hydrogen-bond donors (Lipinski definition) is 2. The third-order valence-electron chi connectivity index (χ3n) is 4.21. The molecule has 0 aromatic heterocycles. The Hall–Kier alpha value is -1.43. The molecule has 2 aliphatic heterocycles. The number of rotatable bonds is 3. The van der Waals surface area contributed by atoms with Crippen molar-refractivity contribution in [3.8, 4) is 0 Å². The fourth-order valence-electron chi connectivity index (χ4n) is 2.97. The number of nitrogens with one attached hydrogen (secondary N) is 1. The second-order valence-electron chi connectivity index (χ2n) is 5.45. The van der Waals surface area contributed by atoms with Gasteiger partial charge in [-0.3, -0.25) is 4.90 Å². The van der Waals surface area contributed by atoms with Crippen molar-refractivity contribution in [1.82, 2.24) is 10.2 Å². The second kappa shape index (κ2) is 5.52. The van der Waals surface area contributed by atoms with Gasteiger partial charge in [0.15, 0.2) is 0 Å². The Balaban J connectivity index is 1.78. The topological polar surface area (TPSA) is 61.8 Å². The van der Waals surface area contributed by atoms with Crippen molar-refractivity contribution < 1.29 is 14.6 Å². The Morgan fingerprint density at radius 1 is 1.40 bits per heavy atom. The minimum Gasteiger partial charge on any atom is -0.457 e. The number of benzene rings is 1. The zero-order chi connectivity index (χ0) is 14.1. The number of nitrogens with zero attached hydrogens (tertiary/aromatic N) is 1. The van der Waals surface area contributed by atoms with Crippen LogP contribution in [0.4, 0.5) is 0 Å². The molecule has 2 N–H and O–H groups in total. The summed E-state index contributed by atoms with van der Waals surface area (Å²) in [5.41, 5.74) is 3.45. The van der Waals surface area contributed by atoms with E-state index in [-0.39, 0.29) is 5.97 Å². The van der Waals surface area contributed by atoms with Crippen molar-refractivity contribution in [3.63, 3.8) is 0 Å². The molecule has 1 fully saturated rings. The van der Waals surface area contributed by atoms with Gasteiger partial charge in [-0.1, -0.05) is 6.07 Å². The molecule has 1 aromatic carbocycles. The molecule has 0 unspecified atom stereocenters. The lowest BCUT2D eigenvalue weighted by atomic mass is 9.95. The molecule has 5 nitrogen and oxygen atoms in total. The quantitative estimate of drug-likeness (QED) is 0.792. The fraction of sp³-hybridized carbons (Fsp3) is 0.533. The lowest BCUT2D eigenvalue weighted by Gasteiger charge is -2.29. The van der Waals surface area contributed by atoms with Crippen LogP contribution in [0.1, 0.15) is 33.2 Å². The maximum Gasteiger partial charge on any atom is 0.338 e. The molecule has 2 aliphatic rings. The van der Waals surface area contributed by atoms with Crippen LogP contribution in [0.25, 0.3) is 0 Å². The third-order valence-corrected chi connectivity index (χ3v) is 4.21. The molecule has 0 radical (unpaired) electrons. The van der Waals surface area contributed by atoms with Gasteiger partial charge in [0.25, 0.3) is 0 Å². The summed E-state index contributed by atoms with van der Waals surface area (Å²) >= 11 is 0. The molecule has 0 aliphatic carbocycles. The highest BCUT2D eigenvalue weighted by molar-refractivity contribution is 5.93. The van der Waals surface area contributed by atoms with E-state index in [2.05, 4.69) is 10.2 Å². The molecular formula is C15H20N2O3. The summed E-state index contributed by atoms with van der Waals surface area (Å²) in [6.07, 6.45) is -0.519. The molecule has 5 heteroatoms. The van der Waals surface area contributed by atoms with Crippen LogP contribution in [0.3, 0.4) is 0 Å². The Labute approximate surface area is 118 Å². The number of β-amino-alcohol motifs (C(OH)–C–C–N with tert-alkyl or cyclic N) is 1.